The number of ether oxygens (including phenoxy) is 1. The third-order valence-electron chi connectivity index (χ3n) is 5.41. The zero-order chi connectivity index (χ0) is 19.6. The number of aromatic nitrogens is 3. The molecule has 4 aromatic rings. The van der Waals surface area contributed by atoms with Gasteiger partial charge in [0.05, 0.1) is 18.4 Å². The van der Waals surface area contributed by atoms with Crippen LogP contribution in [0, 0.1) is 5.92 Å². The summed E-state index contributed by atoms with van der Waals surface area (Å²) in [6.07, 6.45) is 8.28. The Balaban J connectivity index is 1.57. The summed E-state index contributed by atoms with van der Waals surface area (Å²) in [7, 11) is 0. The van der Waals surface area contributed by atoms with E-state index in [-0.39, 0.29) is 0 Å². The third-order valence-corrected chi connectivity index (χ3v) is 5.41. The van der Waals surface area contributed by atoms with Gasteiger partial charge >= 0.3 is 0 Å². The van der Waals surface area contributed by atoms with E-state index in [9.17, 15) is 0 Å². The van der Waals surface area contributed by atoms with Crippen molar-refractivity contribution in [2.45, 2.75) is 39.2 Å². The van der Waals surface area contributed by atoms with E-state index in [1.54, 1.807) is 6.26 Å². The predicted octanol–water partition coefficient (Wildman–Crippen LogP) is 5.95. The summed E-state index contributed by atoms with van der Waals surface area (Å²) in [5, 5.41) is 0. The molecule has 3 heterocycles. The largest absolute Gasteiger partial charge is 0.494 e. The topological polar surface area (TPSA) is 53.1 Å². The van der Waals surface area contributed by atoms with E-state index in [1.165, 1.54) is 12.8 Å². The molecule has 148 valence electrons. The number of benzene rings is 1. The third kappa shape index (κ3) is 3.77. The maximum absolute atomic E-state index is 5.92. The quantitative estimate of drug-likeness (QED) is 0.351. The van der Waals surface area contributed by atoms with Crippen LogP contribution in [0.2, 0.25) is 0 Å². The fraction of sp³-hybridized carbons (Fsp3) is 0.333. The first-order valence-corrected chi connectivity index (χ1v) is 10.4. The first-order chi connectivity index (χ1) is 14.3. The van der Waals surface area contributed by atoms with E-state index in [4.69, 9.17) is 14.1 Å². The normalized spacial score (nSPS) is 13.8. The lowest BCUT2D eigenvalue weighted by molar-refractivity contribution is 0.309. The molecule has 0 aliphatic heterocycles. The molecule has 1 aliphatic rings. The molecule has 5 heteroatoms. The van der Waals surface area contributed by atoms with Crippen LogP contribution in [-0.4, -0.2) is 21.1 Å². The average Bonchev–Trinajstić information content (AvgIpc) is 3.25. The van der Waals surface area contributed by atoms with Crippen LogP contribution in [0.4, 0.5) is 0 Å². The van der Waals surface area contributed by atoms with Gasteiger partial charge in [-0.1, -0.05) is 25.5 Å². The van der Waals surface area contributed by atoms with E-state index >= 15 is 0 Å². The van der Waals surface area contributed by atoms with E-state index < -0.39 is 0 Å². The summed E-state index contributed by atoms with van der Waals surface area (Å²) in [5.74, 6) is 3.40. The molecule has 0 bridgehead atoms. The Kier molecular flexibility index (Phi) is 4.80. The summed E-state index contributed by atoms with van der Waals surface area (Å²) < 4.78 is 13.8. The fourth-order valence-electron chi connectivity index (χ4n) is 3.61. The Morgan fingerprint density at radius 1 is 1.14 bits per heavy atom. The Hall–Kier alpha value is -3.08. The summed E-state index contributed by atoms with van der Waals surface area (Å²) in [4.78, 5) is 9.52. The molecular formula is C24H25N3O2. The van der Waals surface area contributed by atoms with Crippen LogP contribution < -0.4 is 4.74 Å². The van der Waals surface area contributed by atoms with Crippen molar-refractivity contribution < 1.29 is 9.15 Å². The van der Waals surface area contributed by atoms with Gasteiger partial charge in [-0.15, -0.1) is 0 Å². The van der Waals surface area contributed by atoms with Gasteiger partial charge in [0.25, 0.3) is 0 Å². The number of imidazole rings is 1. The number of pyridine rings is 1. The lowest BCUT2D eigenvalue weighted by atomic mass is 10.2. The summed E-state index contributed by atoms with van der Waals surface area (Å²) in [6.45, 7) is 3.88. The van der Waals surface area contributed by atoms with Gasteiger partial charge in [-0.2, -0.15) is 0 Å². The van der Waals surface area contributed by atoms with Crippen molar-refractivity contribution >= 4 is 11.2 Å². The van der Waals surface area contributed by atoms with Crippen LogP contribution >= 0.6 is 0 Å². The molecule has 1 aromatic carbocycles. The van der Waals surface area contributed by atoms with Crippen molar-refractivity contribution in [2.75, 3.05) is 6.61 Å². The molecule has 0 atom stereocenters. The first-order valence-electron chi connectivity index (χ1n) is 10.4. The van der Waals surface area contributed by atoms with Crippen molar-refractivity contribution in [2.24, 2.45) is 5.92 Å². The lowest BCUT2D eigenvalue weighted by Gasteiger charge is -2.11. The second-order valence-corrected chi connectivity index (χ2v) is 7.76. The molecule has 0 amide bonds. The number of rotatable bonds is 8. The number of hydrogen-bond acceptors (Lipinski definition) is 4. The number of fused-ring (bicyclic) bond motifs is 1. The van der Waals surface area contributed by atoms with Gasteiger partial charge in [0.15, 0.2) is 5.65 Å². The van der Waals surface area contributed by atoms with Crippen LogP contribution in [0.15, 0.2) is 59.3 Å². The molecule has 0 unspecified atom stereocenters. The van der Waals surface area contributed by atoms with Gasteiger partial charge in [-0.05, 0) is 55.5 Å². The molecule has 5 rings (SSSR count). The van der Waals surface area contributed by atoms with Crippen LogP contribution in [0.3, 0.4) is 0 Å². The minimum Gasteiger partial charge on any atom is -0.494 e. The van der Waals surface area contributed by atoms with Gasteiger partial charge in [0, 0.05) is 23.9 Å². The van der Waals surface area contributed by atoms with Gasteiger partial charge in [-0.3, -0.25) is 0 Å². The molecule has 0 spiro atoms. The highest BCUT2D eigenvalue weighted by atomic mass is 16.5. The number of unbranched alkanes of at least 4 members (excludes halogenated alkanes) is 1. The molecule has 5 nitrogen and oxygen atoms in total. The molecule has 1 fully saturated rings. The van der Waals surface area contributed by atoms with Crippen molar-refractivity contribution in [3.05, 3.63) is 54.9 Å². The van der Waals surface area contributed by atoms with Crippen LogP contribution in [0.25, 0.3) is 33.9 Å². The molecular weight excluding hydrogens is 362 g/mol. The highest BCUT2D eigenvalue weighted by molar-refractivity contribution is 5.81. The molecule has 1 aliphatic carbocycles. The van der Waals surface area contributed by atoms with Crippen LogP contribution in [0.5, 0.6) is 5.75 Å². The number of hydrogen-bond donors (Lipinski definition) is 0. The van der Waals surface area contributed by atoms with Gasteiger partial charge in [0.1, 0.15) is 17.3 Å². The van der Waals surface area contributed by atoms with Gasteiger partial charge in [0.2, 0.25) is 0 Å². The van der Waals surface area contributed by atoms with E-state index in [2.05, 4.69) is 34.7 Å². The zero-order valence-corrected chi connectivity index (χ0v) is 16.7. The molecule has 0 radical (unpaired) electrons. The van der Waals surface area contributed by atoms with E-state index in [0.717, 1.165) is 71.5 Å². The Morgan fingerprint density at radius 3 is 2.86 bits per heavy atom. The fourth-order valence-corrected chi connectivity index (χ4v) is 3.61. The Morgan fingerprint density at radius 2 is 2.07 bits per heavy atom. The average molecular weight is 387 g/mol. The Labute approximate surface area is 170 Å². The second kappa shape index (κ2) is 7.74. The highest BCUT2D eigenvalue weighted by Gasteiger charge is 2.25. The lowest BCUT2D eigenvalue weighted by Crippen LogP contribution is -2.03. The smallest absolute Gasteiger partial charge is 0.178 e. The predicted molar refractivity (Wildman–Crippen MR) is 114 cm³/mol. The maximum Gasteiger partial charge on any atom is 0.178 e. The second-order valence-electron chi connectivity index (χ2n) is 7.76. The van der Waals surface area contributed by atoms with Crippen molar-refractivity contribution in [1.29, 1.82) is 0 Å². The Bertz CT molecular complexity index is 1110. The van der Waals surface area contributed by atoms with Crippen molar-refractivity contribution in [1.82, 2.24) is 14.5 Å². The molecule has 3 aromatic heterocycles. The maximum atomic E-state index is 5.92. The molecule has 0 saturated heterocycles. The minimum absolute atomic E-state index is 0.724. The van der Waals surface area contributed by atoms with E-state index in [1.807, 2.05) is 30.5 Å². The highest BCUT2D eigenvalue weighted by Crippen LogP contribution is 2.35. The monoisotopic (exact) mass is 387 g/mol. The first kappa shape index (κ1) is 18.0. The molecule has 29 heavy (non-hydrogen) atoms. The summed E-state index contributed by atoms with van der Waals surface area (Å²) >= 11 is 0. The standard InChI is InChI=1S/C24H25N3O2/c1-2-3-11-28-20-7-4-6-18(13-20)24-26-23-21(27(24)16-17-9-10-17)14-19(15-25-23)22-8-5-12-29-22/h4-8,12-15,17H,2-3,9-11,16H2,1H3. The van der Waals surface area contributed by atoms with Gasteiger partial charge in [-0.25, -0.2) is 9.97 Å². The van der Waals surface area contributed by atoms with Crippen LogP contribution in [0.1, 0.15) is 32.6 Å². The van der Waals surface area contributed by atoms with Crippen molar-refractivity contribution in [3.63, 3.8) is 0 Å². The summed E-state index contributed by atoms with van der Waals surface area (Å²) in [5.41, 5.74) is 3.87. The molecule has 0 N–H and O–H groups in total. The van der Waals surface area contributed by atoms with E-state index in [0.29, 0.717) is 0 Å². The van der Waals surface area contributed by atoms with Gasteiger partial charge < -0.3 is 13.7 Å². The number of nitrogens with zero attached hydrogens (tertiary/aromatic N) is 3. The number of furan rings is 1. The zero-order valence-electron chi connectivity index (χ0n) is 16.7. The SMILES string of the molecule is CCCCOc1cccc(-c2nc3ncc(-c4ccco4)cc3n2CC2CC2)c1. The van der Waals surface area contributed by atoms with Crippen LogP contribution in [-0.2, 0) is 6.54 Å². The minimum atomic E-state index is 0.724. The summed E-state index contributed by atoms with van der Waals surface area (Å²) in [6, 6.07) is 14.2. The molecule has 1 saturated carbocycles. The van der Waals surface area contributed by atoms with Crippen molar-refractivity contribution in [3.8, 4) is 28.5 Å².